The van der Waals surface area contributed by atoms with Gasteiger partial charge < -0.3 is 14.2 Å². The van der Waals surface area contributed by atoms with E-state index in [-0.39, 0.29) is 12.6 Å². The van der Waals surface area contributed by atoms with Crippen LogP contribution in [-0.2, 0) is 14.2 Å². The van der Waals surface area contributed by atoms with E-state index in [1.165, 1.54) is 6.42 Å². The number of rotatable bonds is 5. The lowest BCUT2D eigenvalue weighted by Crippen LogP contribution is -2.28. The summed E-state index contributed by atoms with van der Waals surface area (Å²) in [5.41, 5.74) is 0. The second-order valence-electron chi connectivity index (χ2n) is 3.06. The Morgan fingerprint density at radius 2 is 2.38 bits per heavy atom. The molecule has 3 nitrogen and oxygen atoms in total. The highest BCUT2D eigenvalue weighted by Crippen LogP contribution is 2.15. The number of alkyl halides is 1. The zero-order valence-electron chi connectivity index (χ0n) is 8.00. The number of hydrogen-bond acceptors (Lipinski definition) is 3. The number of ether oxygens (including phenoxy) is 3. The summed E-state index contributed by atoms with van der Waals surface area (Å²) in [4.78, 5) is 0. The fourth-order valence-electron chi connectivity index (χ4n) is 1.28. The van der Waals surface area contributed by atoms with Gasteiger partial charge in [0.05, 0.1) is 6.61 Å². The van der Waals surface area contributed by atoms with E-state index >= 15 is 0 Å². The van der Waals surface area contributed by atoms with Crippen LogP contribution in [0.25, 0.3) is 0 Å². The summed E-state index contributed by atoms with van der Waals surface area (Å²) in [6.45, 7) is 3.19. The van der Waals surface area contributed by atoms with E-state index < -0.39 is 0 Å². The first-order valence-electron chi connectivity index (χ1n) is 4.77. The van der Waals surface area contributed by atoms with Crippen LogP contribution in [0.4, 0.5) is 0 Å². The molecule has 1 heterocycles. The van der Waals surface area contributed by atoms with Crippen molar-refractivity contribution in [1.29, 1.82) is 0 Å². The van der Waals surface area contributed by atoms with Crippen molar-refractivity contribution >= 4 is 11.6 Å². The Labute approximate surface area is 84.3 Å². The van der Waals surface area contributed by atoms with Crippen molar-refractivity contribution in [3.05, 3.63) is 0 Å². The average molecular weight is 209 g/mol. The lowest BCUT2D eigenvalue weighted by atomic mass is 10.2. The molecule has 78 valence electrons. The molecule has 0 aliphatic carbocycles. The topological polar surface area (TPSA) is 27.7 Å². The second-order valence-corrected chi connectivity index (χ2v) is 3.44. The summed E-state index contributed by atoms with van der Waals surface area (Å²) in [6.07, 6.45) is 2.97. The van der Waals surface area contributed by atoms with Crippen LogP contribution in [0.1, 0.15) is 26.2 Å². The Bertz CT molecular complexity index is 126. The molecule has 0 aromatic carbocycles. The summed E-state index contributed by atoms with van der Waals surface area (Å²) < 4.78 is 16.1. The zero-order chi connectivity index (χ0) is 9.52. The minimum Gasteiger partial charge on any atom is -0.353 e. The van der Waals surface area contributed by atoms with E-state index in [9.17, 15) is 0 Å². The van der Waals surface area contributed by atoms with Gasteiger partial charge in [0.15, 0.2) is 12.6 Å². The quantitative estimate of drug-likeness (QED) is 0.512. The maximum absolute atomic E-state index is 5.49. The van der Waals surface area contributed by atoms with Gasteiger partial charge in [0, 0.05) is 12.5 Å². The Balaban J connectivity index is 2.07. The smallest absolute Gasteiger partial charge is 0.160 e. The molecule has 0 aromatic heterocycles. The maximum atomic E-state index is 5.49. The molecule has 0 saturated carbocycles. The van der Waals surface area contributed by atoms with Gasteiger partial charge in [-0.2, -0.15) is 0 Å². The van der Waals surface area contributed by atoms with Gasteiger partial charge in [-0.3, -0.25) is 0 Å². The third-order valence-corrected chi connectivity index (χ3v) is 2.07. The van der Waals surface area contributed by atoms with Gasteiger partial charge in [-0.1, -0.05) is 0 Å². The van der Waals surface area contributed by atoms with Gasteiger partial charge in [0.2, 0.25) is 0 Å². The van der Waals surface area contributed by atoms with Gasteiger partial charge in [-0.25, -0.2) is 0 Å². The third kappa shape index (κ3) is 4.81. The molecule has 0 radical (unpaired) electrons. The molecular weight excluding hydrogens is 192 g/mol. The fraction of sp³-hybridized carbons (Fsp3) is 1.00. The molecule has 0 amide bonds. The normalized spacial score (nSPS) is 25.8. The maximum Gasteiger partial charge on any atom is 0.160 e. The van der Waals surface area contributed by atoms with Gasteiger partial charge in [-0.15, -0.1) is 11.6 Å². The van der Waals surface area contributed by atoms with Crippen molar-refractivity contribution in [2.75, 3.05) is 19.1 Å². The van der Waals surface area contributed by atoms with Crippen molar-refractivity contribution in [3.63, 3.8) is 0 Å². The molecule has 13 heavy (non-hydrogen) atoms. The molecule has 4 heteroatoms. The van der Waals surface area contributed by atoms with Crippen LogP contribution in [0.15, 0.2) is 0 Å². The highest BCUT2D eigenvalue weighted by atomic mass is 35.5. The second kappa shape index (κ2) is 6.60. The predicted molar refractivity (Wildman–Crippen MR) is 50.8 cm³/mol. The molecule has 1 aliphatic heterocycles. The summed E-state index contributed by atoms with van der Waals surface area (Å²) in [6, 6.07) is 0. The van der Waals surface area contributed by atoms with Crippen molar-refractivity contribution in [2.24, 2.45) is 0 Å². The average Bonchev–Trinajstić information content (AvgIpc) is 2.16. The standard InChI is InChI=1S/C9H17ClO3/c1-8(11-7-5-10)13-9-4-2-3-6-12-9/h8-9H,2-7H2,1H3. The molecule has 0 N–H and O–H groups in total. The minimum atomic E-state index is -0.221. The van der Waals surface area contributed by atoms with Crippen LogP contribution in [0.5, 0.6) is 0 Å². The Morgan fingerprint density at radius 3 is 3.00 bits per heavy atom. The summed E-state index contributed by atoms with van der Waals surface area (Å²) in [5.74, 6) is 0.499. The van der Waals surface area contributed by atoms with E-state index in [4.69, 9.17) is 25.8 Å². The first-order chi connectivity index (χ1) is 6.33. The van der Waals surface area contributed by atoms with Crippen molar-refractivity contribution < 1.29 is 14.2 Å². The van der Waals surface area contributed by atoms with Gasteiger partial charge in [0.1, 0.15) is 0 Å². The van der Waals surface area contributed by atoms with Crippen molar-refractivity contribution in [2.45, 2.75) is 38.8 Å². The summed E-state index contributed by atoms with van der Waals surface area (Å²) in [7, 11) is 0. The summed E-state index contributed by atoms with van der Waals surface area (Å²) >= 11 is 5.48. The minimum absolute atomic E-state index is 0.0842. The highest BCUT2D eigenvalue weighted by Gasteiger charge is 2.16. The van der Waals surface area contributed by atoms with Crippen LogP contribution < -0.4 is 0 Å². The molecule has 0 bridgehead atoms. The Kier molecular flexibility index (Phi) is 5.71. The van der Waals surface area contributed by atoms with E-state index in [0.29, 0.717) is 12.5 Å². The first kappa shape index (κ1) is 11.2. The lowest BCUT2D eigenvalue weighted by Gasteiger charge is -2.25. The van der Waals surface area contributed by atoms with Gasteiger partial charge in [0.25, 0.3) is 0 Å². The van der Waals surface area contributed by atoms with Crippen LogP contribution >= 0.6 is 11.6 Å². The molecule has 0 spiro atoms. The van der Waals surface area contributed by atoms with E-state index in [2.05, 4.69) is 0 Å². The third-order valence-electron chi connectivity index (χ3n) is 1.91. The monoisotopic (exact) mass is 208 g/mol. The molecule has 1 saturated heterocycles. The van der Waals surface area contributed by atoms with E-state index in [1.54, 1.807) is 0 Å². The molecule has 2 atom stereocenters. The molecule has 0 aromatic rings. The van der Waals surface area contributed by atoms with Crippen molar-refractivity contribution in [1.82, 2.24) is 0 Å². The van der Waals surface area contributed by atoms with E-state index in [1.807, 2.05) is 6.92 Å². The van der Waals surface area contributed by atoms with Crippen LogP contribution in [0.2, 0.25) is 0 Å². The molecule has 1 rings (SSSR count). The van der Waals surface area contributed by atoms with Crippen LogP contribution in [-0.4, -0.2) is 31.7 Å². The van der Waals surface area contributed by atoms with Gasteiger partial charge in [-0.05, 0) is 26.2 Å². The van der Waals surface area contributed by atoms with Crippen LogP contribution in [0, 0.1) is 0 Å². The molecule has 1 aliphatic rings. The van der Waals surface area contributed by atoms with E-state index in [0.717, 1.165) is 19.4 Å². The van der Waals surface area contributed by atoms with Gasteiger partial charge >= 0.3 is 0 Å². The van der Waals surface area contributed by atoms with Crippen molar-refractivity contribution in [3.8, 4) is 0 Å². The predicted octanol–water partition coefficient (Wildman–Crippen LogP) is 2.13. The summed E-state index contributed by atoms with van der Waals surface area (Å²) in [5, 5.41) is 0. The molecule has 1 fully saturated rings. The first-order valence-corrected chi connectivity index (χ1v) is 5.31. The zero-order valence-corrected chi connectivity index (χ0v) is 8.76. The largest absolute Gasteiger partial charge is 0.353 e. The molecule has 2 unspecified atom stereocenters. The fourth-order valence-corrected chi connectivity index (χ4v) is 1.37. The lowest BCUT2D eigenvalue weighted by molar-refractivity contribution is -0.247. The van der Waals surface area contributed by atoms with Crippen LogP contribution in [0.3, 0.4) is 0 Å². The Morgan fingerprint density at radius 1 is 1.54 bits per heavy atom. The molecular formula is C9H17ClO3. The number of hydrogen-bond donors (Lipinski definition) is 0. The highest BCUT2D eigenvalue weighted by molar-refractivity contribution is 6.17. The Hall–Kier alpha value is 0.170. The SMILES string of the molecule is CC(OCCCl)OC1CCCCO1. The number of halogens is 1.